The minimum absolute atomic E-state index is 0.0196. The molecule has 2 aromatic carbocycles. The largest absolute Gasteiger partial charge is 0.416 e. The van der Waals surface area contributed by atoms with Crippen molar-refractivity contribution in [1.82, 2.24) is 15.7 Å². The van der Waals surface area contributed by atoms with Gasteiger partial charge in [0.2, 0.25) is 0 Å². The highest BCUT2D eigenvalue weighted by atomic mass is 19.4. The van der Waals surface area contributed by atoms with Gasteiger partial charge in [-0.1, -0.05) is 18.2 Å². The van der Waals surface area contributed by atoms with E-state index < -0.39 is 17.6 Å². The van der Waals surface area contributed by atoms with Crippen molar-refractivity contribution in [1.29, 1.82) is 0 Å². The lowest BCUT2D eigenvalue weighted by molar-refractivity contribution is -0.137. The van der Waals surface area contributed by atoms with Crippen LogP contribution in [0.15, 0.2) is 73.1 Å². The van der Waals surface area contributed by atoms with Crippen LogP contribution in [0.3, 0.4) is 0 Å². The number of nitrogens with zero attached hydrogens (tertiary/aromatic N) is 2. The van der Waals surface area contributed by atoms with E-state index >= 15 is 0 Å². The van der Waals surface area contributed by atoms with Crippen LogP contribution >= 0.6 is 0 Å². The molecule has 160 valence electrons. The molecule has 0 unspecified atom stereocenters. The molecule has 1 aromatic heterocycles. The number of halogens is 3. The minimum atomic E-state index is -4.55. The van der Waals surface area contributed by atoms with E-state index in [2.05, 4.69) is 15.7 Å². The molecule has 0 aliphatic rings. The first kappa shape index (κ1) is 22.0. The Labute approximate surface area is 176 Å². The molecular weight excluding hydrogens is 409 g/mol. The lowest BCUT2D eigenvalue weighted by atomic mass is 10.1. The standard InChI is InChI=1S/C22H19F3N4O2/c1-26-20(30)16-6-2-5-15(11-16)13-28-29(21(31)17-7-4-10-27-14-17)19-9-3-8-18(12-19)22(23,24)25/h2-12,14,28H,13H2,1H3,(H,26,30). The van der Waals surface area contributed by atoms with Crippen molar-refractivity contribution in [3.63, 3.8) is 0 Å². The number of nitrogens with one attached hydrogen (secondary N) is 2. The Balaban J connectivity index is 1.92. The molecule has 0 aliphatic carbocycles. The highest BCUT2D eigenvalue weighted by molar-refractivity contribution is 6.05. The zero-order valence-corrected chi connectivity index (χ0v) is 16.5. The predicted molar refractivity (Wildman–Crippen MR) is 109 cm³/mol. The molecule has 2 N–H and O–H groups in total. The summed E-state index contributed by atoms with van der Waals surface area (Å²) < 4.78 is 39.6. The van der Waals surface area contributed by atoms with Crippen molar-refractivity contribution in [3.8, 4) is 0 Å². The fraction of sp³-hybridized carbons (Fsp3) is 0.136. The van der Waals surface area contributed by atoms with E-state index in [4.69, 9.17) is 0 Å². The second-order valence-electron chi connectivity index (χ2n) is 6.54. The van der Waals surface area contributed by atoms with E-state index in [1.54, 1.807) is 30.3 Å². The molecule has 0 aliphatic heterocycles. The Hall–Kier alpha value is -3.72. The Bertz CT molecular complexity index is 1070. The molecule has 2 amide bonds. The van der Waals surface area contributed by atoms with Gasteiger partial charge in [-0.05, 0) is 48.0 Å². The lowest BCUT2D eigenvalue weighted by Gasteiger charge is -2.24. The monoisotopic (exact) mass is 428 g/mol. The van der Waals surface area contributed by atoms with Crippen molar-refractivity contribution in [2.24, 2.45) is 0 Å². The number of carbonyl (C=O) groups is 2. The van der Waals surface area contributed by atoms with Crippen molar-refractivity contribution in [2.45, 2.75) is 12.7 Å². The summed E-state index contributed by atoms with van der Waals surface area (Å²) in [6, 6.07) is 14.2. The Morgan fingerprint density at radius 1 is 1.00 bits per heavy atom. The number of amides is 2. The maximum Gasteiger partial charge on any atom is 0.416 e. The molecule has 1 heterocycles. The number of aromatic nitrogens is 1. The van der Waals surface area contributed by atoms with Gasteiger partial charge in [0.25, 0.3) is 11.8 Å². The normalized spacial score (nSPS) is 11.1. The van der Waals surface area contributed by atoms with Crippen LogP contribution < -0.4 is 15.8 Å². The number of rotatable bonds is 6. The van der Waals surface area contributed by atoms with Crippen LogP contribution in [0.2, 0.25) is 0 Å². The fourth-order valence-corrected chi connectivity index (χ4v) is 2.86. The number of alkyl halides is 3. The van der Waals surface area contributed by atoms with Crippen molar-refractivity contribution >= 4 is 17.5 Å². The van der Waals surface area contributed by atoms with E-state index in [0.29, 0.717) is 11.1 Å². The Kier molecular flexibility index (Phi) is 6.66. The van der Waals surface area contributed by atoms with E-state index in [0.717, 1.165) is 17.1 Å². The highest BCUT2D eigenvalue weighted by Gasteiger charge is 2.31. The summed E-state index contributed by atoms with van der Waals surface area (Å²) in [5.41, 5.74) is 3.30. The molecule has 0 spiro atoms. The molecular formula is C22H19F3N4O2. The van der Waals surface area contributed by atoms with Crippen LogP contribution in [0.5, 0.6) is 0 Å². The first-order chi connectivity index (χ1) is 14.8. The van der Waals surface area contributed by atoms with Crippen LogP contribution in [-0.2, 0) is 12.7 Å². The SMILES string of the molecule is CNC(=O)c1cccc(CNN(C(=O)c2cccnc2)c2cccc(C(F)(F)F)c2)c1. The van der Waals surface area contributed by atoms with Gasteiger partial charge >= 0.3 is 6.18 Å². The zero-order valence-electron chi connectivity index (χ0n) is 16.5. The van der Waals surface area contributed by atoms with Crippen molar-refractivity contribution in [2.75, 3.05) is 12.1 Å². The number of anilines is 1. The van der Waals surface area contributed by atoms with E-state index in [9.17, 15) is 22.8 Å². The van der Waals surface area contributed by atoms with Crippen LogP contribution in [0.1, 0.15) is 31.8 Å². The van der Waals surface area contributed by atoms with E-state index in [-0.39, 0.29) is 23.7 Å². The summed E-state index contributed by atoms with van der Waals surface area (Å²) in [6.45, 7) is 0.0904. The summed E-state index contributed by atoms with van der Waals surface area (Å²) >= 11 is 0. The average Bonchev–Trinajstić information content (AvgIpc) is 2.79. The van der Waals surface area contributed by atoms with E-state index in [1.807, 2.05) is 0 Å². The number of hydrogen-bond acceptors (Lipinski definition) is 4. The molecule has 31 heavy (non-hydrogen) atoms. The maximum atomic E-state index is 13.2. The van der Waals surface area contributed by atoms with Gasteiger partial charge < -0.3 is 5.32 Å². The maximum absolute atomic E-state index is 13.2. The van der Waals surface area contributed by atoms with Crippen molar-refractivity contribution < 1.29 is 22.8 Å². The van der Waals surface area contributed by atoms with Gasteiger partial charge in [-0.2, -0.15) is 13.2 Å². The molecule has 0 fully saturated rings. The van der Waals surface area contributed by atoms with Gasteiger partial charge in [0.05, 0.1) is 16.8 Å². The third kappa shape index (κ3) is 5.46. The quantitative estimate of drug-likeness (QED) is 0.586. The van der Waals surface area contributed by atoms with Gasteiger partial charge in [-0.25, -0.2) is 10.4 Å². The summed E-state index contributed by atoms with van der Waals surface area (Å²) in [4.78, 5) is 28.8. The van der Waals surface area contributed by atoms with Gasteiger partial charge in [-0.3, -0.25) is 14.6 Å². The summed E-state index contributed by atoms with van der Waals surface area (Å²) in [7, 11) is 1.51. The summed E-state index contributed by atoms with van der Waals surface area (Å²) in [6.07, 6.45) is -1.74. The van der Waals surface area contributed by atoms with E-state index in [1.165, 1.54) is 37.6 Å². The highest BCUT2D eigenvalue weighted by Crippen LogP contribution is 2.31. The molecule has 9 heteroatoms. The van der Waals surface area contributed by atoms with Crippen LogP contribution in [0, 0.1) is 0 Å². The van der Waals surface area contributed by atoms with Crippen molar-refractivity contribution in [3.05, 3.63) is 95.3 Å². The molecule has 3 aromatic rings. The lowest BCUT2D eigenvalue weighted by Crippen LogP contribution is -2.43. The molecule has 0 atom stereocenters. The zero-order chi connectivity index (χ0) is 22.4. The number of benzene rings is 2. The average molecular weight is 428 g/mol. The second kappa shape index (κ2) is 9.40. The third-order valence-corrected chi connectivity index (χ3v) is 4.40. The number of hydrazine groups is 1. The first-order valence-electron chi connectivity index (χ1n) is 9.26. The third-order valence-electron chi connectivity index (χ3n) is 4.40. The molecule has 0 radical (unpaired) electrons. The van der Waals surface area contributed by atoms with Crippen LogP contribution in [0.4, 0.5) is 18.9 Å². The smallest absolute Gasteiger partial charge is 0.355 e. The number of carbonyl (C=O) groups excluding carboxylic acids is 2. The first-order valence-corrected chi connectivity index (χ1v) is 9.26. The molecule has 6 nitrogen and oxygen atoms in total. The Morgan fingerprint density at radius 2 is 1.74 bits per heavy atom. The topological polar surface area (TPSA) is 74.3 Å². The summed E-state index contributed by atoms with van der Waals surface area (Å²) in [5.74, 6) is -0.849. The number of hydrogen-bond donors (Lipinski definition) is 2. The predicted octanol–water partition coefficient (Wildman–Crippen LogP) is 3.81. The van der Waals surface area contributed by atoms with Gasteiger partial charge in [0.1, 0.15) is 0 Å². The Morgan fingerprint density at radius 3 is 2.42 bits per heavy atom. The minimum Gasteiger partial charge on any atom is -0.355 e. The van der Waals surface area contributed by atoms with Gasteiger partial charge in [0.15, 0.2) is 0 Å². The molecule has 0 saturated heterocycles. The van der Waals surface area contributed by atoms with Crippen LogP contribution in [0.25, 0.3) is 0 Å². The molecule has 0 saturated carbocycles. The molecule has 0 bridgehead atoms. The fourth-order valence-electron chi connectivity index (χ4n) is 2.86. The summed E-state index contributed by atoms with van der Waals surface area (Å²) in [5, 5.41) is 3.56. The molecule has 3 rings (SSSR count). The van der Waals surface area contributed by atoms with Gasteiger partial charge in [0, 0.05) is 31.5 Å². The van der Waals surface area contributed by atoms with Crippen LogP contribution in [-0.4, -0.2) is 23.8 Å². The number of pyridine rings is 1. The van der Waals surface area contributed by atoms with Gasteiger partial charge in [-0.15, -0.1) is 0 Å². The second-order valence-corrected chi connectivity index (χ2v) is 6.54.